The molecule has 5 nitrogen and oxygen atoms in total. The minimum absolute atomic E-state index is 0.148. The van der Waals surface area contributed by atoms with E-state index in [-0.39, 0.29) is 12.5 Å². The number of rotatable bonds is 8. The first-order chi connectivity index (χ1) is 10.7. The highest BCUT2D eigenvalue weighted by Crippen LogP contribution is 2.26. The Labute approximate surface area is 140 Å². The van der Waals surface area contributed by atoms with Crippen LogP contribution in [0, 0.1) is 13.8 Å². The van der Waals surface area contributed by atoms with Gasteiger partial charge in [-0.1, -0.05) is 32.0 Å². The van der Waals surface area contributed by atoms with Crippen molar-refractivity contribution in [1.29, 1.82) is 0 Å². The molecule has 130 valence electrons. The van der Waals surface area contributed by atoms with E-state index in [2.05, 4.69) is 0 Å². The Morgan fingerprint density at radius 1 is 1.04 bits per heavy atom. The van der Waals surface area contributed by atoms with Crippen LogP contribution in [-0.2, 0) is 14.8 Å². The van der Waals surface area contributed by atoms with Crippen LogP contribution in [-0.4, -0.2) is 45.1 Å². The van der Waals surface area contributed by atoms with Crippen LogP contribution in [0.25, 0.3) is 0 Å². The van der Waals surface area contributed by atoms with Crippen molar-refractivity contribution in [3.63, 3.8) is 0 Å². The summed E-state index contributed by atoms with van der Waals surface area (Å²) < 4.78 is 25.8. The second-order valence-corrected chi connectivity index (χ2v) is 7.80. The van der Waals surface area contributed by atoms with Crippen molar-refractivity contribution in [2.24, 2.45) is 0 Å². The normalized spacial score (nSPS) is 11.3. The molecule has 1 aromatic carbocycles. The first kappa shape index (κ1) is 19.5. The largest absolute Gasteiger partial charge is 0.341 e. The second-order valence-electron chi connectivity index (χ2n) is 5.89. The highest BCUT2D eigenvalue weighted by atomic mass is 32.2. The molecule has 0 heterocycles. The lowest BCUT2D eigenvalue weighted by molar-refractivity contribution is -0.129. The SMILES string of the molecule is CCCN(CCC)C(=O)CN(c1c(C)cccc1C)S(C)(=O)=O. The molecule has 0 N–H and O–H groups in total. The number of nitrogens with zero attached hydrogens (tertiary/aromatic N) is 2. The van der Waals surface area contributed by atoms with E-state index >= 15 is 0 Å². The lowest BCUT2D eigenvalue weighted by atomic mass is 10.1. The van der Waals surface area contributed by atoms with Crippen molar-refractivity contribution in [3.05, 3.63) is 29.3 Å². The molecular weight excluding hydrogens is 312 g/mol. The van der Waals surface area contributed by atoms with Gasteiger partial charge < -0.3 is 4.90 Å². The molecule has 0 unspecified atom stereocenters. The summed E-state index contributed by atoms with van der Waals surface area (Å²) in [6, 6.07) is 5.61. The molecule has 0 bridgehead atoms. The molecule has 0 saturated heterocycles. The van der Waals surface area contributed by atoms with Gasteiger partial charge in [-0.05, 0) is 37.8 Å². The van der Waals surface area contributed by atoms with Crippen LogP contribution >= 0.6 is 0 Å². The highest BCUT2D eigenvalue weighted by molar-refractivity contribution is 7.92. The van der Waals surface area contributed by atoms with Gasteiger partial charge in [0.1, 0.15) is 6.54 Å². The summed E-state index contributed by atoms with van der Waals surface area (Å²) in [6.45, 7) is 8.89. The monoisotopic (exact) mass is 340 g/mol. The number of amides is 1. The maximum absolute atomic E-state index is 12.6. The summed E-state index contributed by atoms with van der Waals surface area (Å²) in [5.41, 5.74) is 2.30. The molecule has 6 heteroatoms. The zero-order valence-electron chi connectivity index (χ0n) is 14.8. The van der Waals surface area contributed by atoms with Crippen molar-refractivity contribution in [1.82, 2.24) is 4.90 Å². The van der Waals surface area contributed by atoms with Crippen LogP contribution in [0.15, 0.2) is 18.2 Å². The predicted octanol–water partition coefficient (Wildman–Crippen LogP) is 2.72. The molecule has 0 aliphatic rings. The number of anilines is 1. The molecule has 1 rings (SSSR count). The molecule has 0 saturated carbocycles. The molecule has 1 amide bonds. The summed E-state index contributed by atoms with van der Waals surface area (Å²) >= 11 is 0. The summed E-state index contributed by atoms with van der Waals surface area (Å²) in [4.78, 5) is 14.3. The van der Waals surface area contributed by atoms with Gasteiger partial charge in [0.05, 0.1) is 11.9 Å². The van der Waals surface area contributed by atoms with Crippen LogP contribution in [0.2, 0.25) is 0 Å². The molecule has 0 atom stereocenters. The van der Waals surface area contributed by atoms with Crippen molar-refractivity contribution < 1.29 is 13.2 Å². The maximum atomic E-state index is 12.6. The number of aryl methyl sites for hydroxylation is 2. The summed E-state index contributed by atoms with van der Waals surface area (Å²) in [6.07, 6.45) is 2.86. The Bertz CT molecular complexity index is 615. The summed E-state index contributed by atoms with van der Waals surface area (Å²) in [5.74, 6) is -0.151. The average Bonchev–Trinajstić information content (AvgIpc) is 2.44. The van der Waals surface area contributed by atoms with Gasteiger partial charge >= 0.3 is 0 Å². The van der Waals surface area contributed by atoms with Gasteiger partial charge in [-0.15, -0.1) is 0 Å². The fourth-order valence-electron chi connectivity index (χ4n) is 2.69. The van der Waals surface area contributed by atoms with E-state index in [0.717, 1.165) is 30.2 Å². The number of carbonyl (C=O) groups excluding carboxylic acids is 1. The van der Waals surface area contributed by atoms with Gasteiger partial charge in [-0.25, -0.2) is 8.42 Å². The van der Waals surface area contributed by atoms with E-state index in [1.54, 1.807) is 4.90 Å². The zero-order valence-corrected chi connectivity index (χ0v) is 15.6. The van der Waals surface area contributed by atoms with Gasteiger partial charge in [0.25, 0.3) is 0 Å². The fraction of sp³-hybridized carbons (Fsp3) is 0.588. The Balaban J connectivity index is 3.17. The van der Waals surface area contributed by atoms with E-state index in [9.17, 15) is 13.2 Å². The van der Waals surface area contributed by atoms with Gasteiger partial charge in [-0.3, -0.25) is 9.10 Å². The first-order valence-electron chi connectivity index (χ1n) is 8.04. The molecule has 1 aromatic rings. The number of hydrogen-bond donors (Lipinski definition) is 0. The van der Waals surface area contributed by atoms with Crippen LogP contribution in [0.4, 0.5) is 5.69 Å². The molecule has 0 aliphatic heterocycles. The van der Waals surface area contributed by atoms with Gasteiger partial charge in [0, 0.05) is 13.1 Å². The molecule has 0 fully saturated rings. The summed E-state index contributed by atoms with van der Waals surface area (Å²) in [5, 5.41) is 0. The average molecular weight is 340 g/mol. The molecule has 23 heavy (non-hydrogen) atoms. The third-order valence-corrected chi connectivity index (χ3v) is 4.82. The Morgan fingerprint density at radius 2 is 1.52 bits per heavy atom. The third-order valence-electron chi connectivity index (χ3n) is 3.71. The minimum Gasteiger partial charge on any atom is -0.341 e. The predicted molar refractivity (Wildman–Crippen MR) is 95.3 cm³/mol. The van der Waals surface area contributed by atoms with Gasteiger partial charge in [-0.2, -0.15) is 0 Å². The maximum Gasteiger partial charge on any atom is 0.243 e. The Kier molecular flexibility index (Phi) is 7.06. The van der Waals surface area contributed by atoms with E-state index in [0.29, 0.717) is 18.8 Å². The number of benzene rings is 1. The summed E-state index contributed by atoms with van der Waals surface area (Å²) in [7, 11) is -3.54. The Morgan fingerprint density at radius 3 is 1.91 bits per heavy atom. The van der Waals surface area contributed by atoms with Crippen molar-refractivity contribution in [3.8, 4) is 0 Å². The van der Waals surface area contributed by atoms with Crippen molar-refractivity contribution in [2.75, 3.05) is 30.2 Å². The van der Waals surface area contributed by atoms with Crippen molar-refractivity contribution >= 4 is 21.6 Å². The minimum atomic E-state index is -3.54. The lowest BCUT2D eigenvalue weighted by Gasteiger charge is -2.29. The van der Waals surface area contributed by atoms with Crippen molar-refractivity contribution in [2.45, 2.75) is 40.5 Å². The number of carbonyl (C=O) groups is 1. The number of hydrogen-bond acceptors (Lipinski definition) is 3. The topological polar surface area (TPSA) is 57.7 Å². The first-order valence-corrected chi connectivity index (χ1v) is 9.88. The standard InChI is InChI=1S/C17H28N2O3S/c1-6-11-18(12-7-2)16(20)13-19(23(5,21)22)17-14(3)9-8-10-15(17)4/h8-10H,6-7,11-13H2,1-5H3. The van der Waals surface area contributed by atoms with Gasteiger partial charge in [0.2, 0.25) is 15.9 Å². The highest BCUT2D eigenvalue weighted by Gasteiger charge is 2.25. The second kappa shape index (κ2) is 8.34. The fourth-order valence-corrected chi connectivity index (χ4v) is 3.65. The number of sulfonamides is 1. The quantitative estimate of drug-likeness (QED) is 0.731. The van der Waals surface area contributed by atoms with E-state index < -0.39 is 10.0 Å². The van der Waals surface area contributed by atoms with Crippen LogP contribution in [0.3, 0.4) is 0 Å². The van der Waals surface area contributed by atoms with Crippen LogP contribution in [0.1, 0.15) is 37.8 Å². The van der Waals surface area contributed by atoms with E-state index in [4.69, 9.17) is 0 Å². The van der Waals surface area contributed by atoms with Gasteiger partial charge in [0.15, 0.2) is 0 Å². The van der Waals surface area contributed by atoms with E-state index in [1.807, 2.05) is 45.9 Å². The zero-order chi connectivity index (χ0) is 17.6. The Hall–Kier alpha value is -1.56. The van der Waals surface area contributed by atoms with Crippen LogP contribution in [0.5, 0.6) is 0 Å². The smallest absolute Gasteiger partial charge is 0.243 e. The molecule has 0 aromatic heterocycles. The van der Waals surface area contributed by atoms with Crippen LogP contribution < -0.4 is 4.31 Å². The molecule has 0 spiro atoms. The molecule has 0 aliphatic carbocycles. The molecule has 0 radical (unpaired) electrons. The number of para-hydroxylation sites is 1. The lowest BCUT2D eigenvalue weighted by Crippen LogP contribution is -2.43. The third kappa shape index (κ3) is 5.23. The van der Waals surface area contributed by atoms with E-state index in [1.165, 1.54) is 4.31 Å². The molecular formula is C17H28N2O3S.